The number of nitrogens with zero attached hydrogens (tertiary/aromatic N) is 1. The van der Waals surface area contributed by atoms with E-state index in [1.54, 1.807) is 5.30 Å². The third kappa shape index (κ3) is 13.6. The van der Waals surface area contributed by atoms with Crippen molar-refractivity contribution in [1.29, 1.82) is 0 Å². The molecule has 0 aliphatic heterocycles. The second-order valence-corrected chi connectivity index (χ2v) is 16.7. The Hall–Kier alpha value is -1.74. The fourth-order valence-electron chi connectivity index (χ4n) is 4.22. The molecule has 0 aliphatic carbocycles. The number of hydrogen-bond acceptors (Lipinski definition) is 4. The SMILES string of the molecule is CN(C)c1ccc([PH+](C(C)(C)C)C(C)(C)C)cc1.CS(=O)(=O)O.Nc1ccccc1-c1[c-]cccc1.[Pd+2]. The number of anilines is 2. The number of benzene rings is 3. The van der Waals surface area contributed by atoms with Crippen LogP contribution in [0.5, 0.6) is 0 Å². The van der Waals surface area contributed by atoms with Gasteiger partial charge < -0.3 is 10.6 Å². The first-order valence-corrected chi connectivity index (χ1v) is 15.2. The average Bonchev–Trinajstić information content (AvgIpc) is 2.72. The fraction of sp³-hybridized carbons (Fsp3) is 0.379. The van der Waals surface area contributed by atoms with Crippen molar-refractivity contribution >= 4 is 34.7 Å². The number of hydrogen-bond donors (Lipinski definition) is 2. The molecule has 0 amide bonds. The first kappa shape index (κ1) is 35.3. The molecule has 0 aliphatic rings. The number of nitrogens with two attached hydrogens (primary N) is 1. The first-order valence-electron chi connectivity index (χ1n) is 11.8. The molecule has 0 aromatic heterocycles. The van der Waals surface area contributed by atoms with Gasteiger partial charge in [-0.05, 0) is 77.6 Å². The summed E-state index contributed by atoms with van der Waals surface area (Å²) < 4.78 is 25.9. The number of nitrogen functional groups attached to an aromatic ring is 1. The molecule has 0 atom stereocenters. The smallest absolute Gasteiger partial charge is 0.406 e. The molecule has 37 heavy (non-hydrogen) atoms. The maximum absolute atomic E-state index is 9.19. The predicted octanol–water partition coefficient (Wildman–Crippen LogP) is 6.43. The van der Waals surface area contributed by atoms with Gasteiger partial charge in [-0.25, -0.2) is 0 Å². The van der Waals surface area contributed by atoms with Crippen molar-refractivity contribution in [3.8, 4) is 11.1 Å². The molecule has 206 valence electrons. The van der Waals surface area contributed by atoms with Gasteiger partial charge in [0.15, 0.2) is 0 Å². The van der Waals surface area contributed by atoms with Crippen molar-refractivity contribution < 1.29 is 33.4 Å². The molecule has 5 nitrogen and oxygen atoms in total. The zero-order valence-corrected chi connectivity index (χ0v) is 26.8. The molecule has 3 rings (SSSR count). The van der Waals surface area contributed by atoms with Crippen LogP contribution in [0.1, 0.15) is 41.5 Å². The Morgan fingerprint density at radius 1 is 0.838 bits per heavy atom. The Bertz CT molecular complexity index is 1150. The van der Waals surface area contributed by atoms with E-state index in [4.69, 9.17) is 10.3 Å². The molecule has 0 radical (unpaired) electrons. The van der Waals surface area contributed by atoms with Crippen molar-refractivity contribution in [3.63, 3.8) is 0 Å². The standard InChI is InChI=1S/C16H28NP.C12H10N.CH4O3S.Pd/c1-15(2,3)18(16(4,5)6)14-11-9-13(10-12-14)17(7)8;13-12-9-5-4-8-11(12)10-6-2-1-3-7-10;1-5(2,3)4;/h9-12H,1-8H3;1-6,8-9H,13H2;1H3,(H,2,3,4);/q;-1;;+2/p+1. The van der Waals surface area contributed by atoms with Gasteiger partial charge in [0.1, 0.15) is 0 Å². The quantitative estimate of drug-likeness (QED) is 0.114. The van der Waals surface area contributed by atoms with Gasteiger partial charge in [0.05, 0.1) is 21.9 Å². The van der Waals surface area contributed by atoms with Gasteiger partial charge in [0.25, 0.3) is 10.1 Å². The minimum Gasteiger partial charge on any atom is -0.406 e. The van der Waals surface area contributed by atoms with E-state index in [0.717, 1.165) is 16.8 Å². The summed E-state index contributed by atoms with van der Waals surface area (Å²) in [4.78, 5) is 2.16. The third-order valence-electron chi connectivity index (χ3n) is 5.13. The number of para-hydroxylation sites is 1. The summed E-state index contributed by atoms with van der Waals surface area (Å²) in [7, 11) is -0.0970. The van der Waals surface area contributed by atoms with Crippen LogP contribution in [-0.2, 0) is 30.5 Å². The molecular formula is C29H43N2O3PPdS+2. The van der Waals surface area contributed by atoms with E-state index in [2.05, 4.69) is 90.9 Å². The van der Waals surface area contributed by atoms with E-state index in [9.17, 15) is 8.42 Å². The van der Waals surface area contributed by atoms with Gasteiger partial charge in [0, 0.05) is 27.7 Å². The molecule has 0 unspecified atom stereocenters. The number of rotatable bonds is 3. The molecule has 0 saturated heterocycles. The Balaban J connectivity index is 0.000000596. The Kier molecular flexibility index (Phi) is 14.3. The molecule has 8 heteroatoms. The van der Waals surface area contributed by atoms with Gasteiger partial charge >= 0.3 is 20.4 Å². The Morgan fingerprint density at radius 2 is 1.30 bits per heavy atom. The van der Waals surface area contributed by atoms with Gasteiger partial charge in [-0.1, -0.05) is 23.8 Å². The summed E-state index contributed by atoms with van der Waals surface area (Å²) >= 11 is 0. The van der Waals surface area contributed by atoms with Crippen molar-refractivity contribution in [2.75, 3.05) is 31.0 Å². The summed E-state index contributed by atoms with van der Waals surface area (Å²) in [6.07, 6.45) is 0.715. The fourth-order valence-corrected chi connectivity index (χ4v) is 8.70. The van der Waals surface area contributed by atoms with E-state index < -0.39 is 18.0 Å². The first-order chi connectivity index (χ1) is 16.4. The van der Waals surface area contributed by atoms with E-state index >= 15 is 0 Å². The van der Waals surface area contributed by atoms with Crippen LogP contribution < -0.4 is 15.9 Å². The second-order valence-electron chi connectivity index (χ2n) is 10.9. The Labute approximate surface area is 240 Å². The van der Waals surface area contributed by atoms with Crippen LogP contribution in [0.3, 0.4) is 0 Å². The topological polar surface area (TPSA) is 83.6 Å². The zero-order chi connectivity index (χ0) is 27.7. The van der Waals surface area contributed by atoms with Crippen molar-refractivity contribution in [2.45, 2.75) is 51.9 Å². The molecule has 0 saturated carbocycles. The van der Waals surface area contributed by atoms with Crippen LogP contribution >= 0.6 is 7.92 Å². The summed E-state index contributed by atoms with van der Waals surface area (Å²) in [6.45, 7) is 14.3. The van der Waals surface area contributed by atoms with Gasteiger partial charge in [0.2, 0.25) is 0 Å². The summed E-state index contributed by atoms with van der Waals surface area (Å²) in [5.41, 5.74) is 10.00. The largest absolute Gasteiger partial charge is 2.00 e. The maximum Gasteiger partial charge on any atom is 2.00 e. The van der Waals surface area contributed by atoms with Crippen molar-refractivity contribution in [1.82, 2.24) is 0 Å². The summed E-state index contributed by atoms with van der Waals surface area (Å²) in [6, 6.07) is 27.9. The van der Waals surface area contributed by atoms with E-state index in [-0.39, 0.29) is 20.4 Å². The van der Waals surface area contributed by atoms with E-state index in [1.807, 2.05) is 48.5 Å². The van der Waals surface area contributed by atoms with Crippen LogP contribution in [0.4, 0.5) is 11.4 Å². The van der Waals surface area contributed by atoms with Crippen LogP contribution in [-0.4, -0.2) is 43.6 Å². The molecule has 0 spiro atoms. The minimum atomic E-state index is -3.67. The molecule has 3 aromatic carbocycles. The molecule has 0 heterocycles. The van der Waals surface area contributed by atoms with Gasteiger partial charge in [-0.15, -0.1) is 35.9 Å². The van der Waals surface area contributed by atoms with Crippen molar-refractivity contribution in [2.24, 2.45) is 0 Å². The molecule has 0 bridgehead atoms. The van der Waals surface area contributed by atoms with Crippen LogP contribution in [0, 0.1) is 6.07 Å². The minimum absolute atomic E-state index is 0. The third-order valence-corrected chi connectivity index (χ3v) is 9.04. The predicted molar refractivity (Wildman–Crippen MR) is 161 cm³/mol. The summed E-state index contributed by atoms with van der Waals surface area (Å²) in [5.74, 6) is 0. The van der Waals surface area contributed by atoms with Crippen molar-refractivity contribution in [3.05, 3.63) is 78.9 Å². The molecule has 3 aromatic rings. The van der Waals surface area contributed by atoms with Gasteiger partial charge in [-0.3, -0.25) is 4.55 Å². The molecular weight excluding hydrogens is 594 g/mol. The van der Waals surface area contributed by atoms with Crippen LogP contribution in [0.25, 0.3) is 11.1 Å². The maximum atomic E-state index is 9.19. The monoisotopic (exact) mass is 636 g/mol. The normalized spacial score (nSPS) is 11.3. The zero-order valence-electron chi connectivity index (χ0n) is 23.4. The van der Waals surface area contributed by atoms with Crippen LogP contribution in [0.2, 0.25) is 0 Å². The molecule has 0 fully saturated rings. The Morgan fingerprint density at radius 3 is 1.68 bits per heavy atom. The summed E-state index contributed by atoms with van der Waals surface area (Å²) in [5, 5.41) is 2.30. The van der Waals surface area contributed by atoms with Gasteiger partial charge in [-0.2, -0.15) is 8.42 Å². The van der Waals surface area contributed by atoms with E-state index in [0.29, 0.717) is 16.6 Å². The second kappa shape index (κ2) is 15.0. The van der Waals surface area contributed by atoms with Crippen LogP contribution in [0.15, 0.2) is 72.8 Å². The average molecular weight is 637 g/mol. The van der Waals surface area contributed by atoms with E-state index in [1.165, 1.54) is 5.69 Å². The molecule has 3 N–H and O–H groups in total.